The number of aliphatic carboxylic acids is 5. The molecule has 1 amide bonds. The third-order valence-electron chi connectivity index (χ3n) is 20.5. The van der Waals surface area contributed by atoms with E-state index in [-0.39, 0.29) is 163 Å². The Hall–Kier alpha value is -5.59. The van der Waals surface area contributed by atoms with E-state index in [1.165, 1.54) is 49.9 Å². The maximum absolute atomic E-state index is 13.0. The third kappa shape index (κ3) is 57.5. The predicted octanol–water partition coefficient (Wildman–Crippen LogP) is 9.14. The fourth-order valence-electron chi connectivity index (χ4n) is 13.6. The number of halogens is 7. The monoisotopic (exact) mass is 2040 g/mol. The molecule has 6 aromatic rings. The van der Waals surface area contributed by atoms with Gasteiger partial charge in [-0.05, 0) is 231 Å². The molecule has 4 aromatic carbocycles. The topological polar surface area (TPSA) is 366 Å². The summed E-state index contributed by atoms with van der Waals surface area (Å²) in [6, 6.07) is 21.4. The fraction of sp³-hybridized carbons (Fsp3) is 0.594. The molecule has 0 radical (unpaired) electrons. The molecule has 2 unspecified atom stereocenters. The van der Waals surface area contributed by atoms with Crippen LogP contribution >= 0.6 is 46.0 Å². The minimum Gasteiger partial charge on any atom is -0.612 e. The van der Waals surface area contributed by atoms with Gasteiger partial charge in [0.25, 0.3) is 5.91 Å². The number of amides is 1. The Kier molecular flexibility index (Phi) is 78.4. The van der Waals surface area contributed by atoms with Crippen LogP contribution < -0.4 is 135 Å². The number of alkyl halides is 6. The summed E-state index contributed by atoms with van der Waals surface area (Å²) in [5.41, 5.74) is 1.64. The van der Waals surface area contributed by atoms with E-state index < -0.39 is 90.0 Å². The summed E-state index contributed by atoms with van der Waals surface area (Å²) in [6.07, 6.45) is 14.1. The Bertz CT molecular complexity index is 4400. The van der Waals surface area contributed by atoms with Crippen LogP contribution in [-0.4, -0.2) is 188 Å². The van der Waals surface area contributed by atoms with Gasteiger partial charge >= 0.3 is 119 Å². The molecule has 4 N–H and O–H groups in total. The van der Waals surface area contributed by atoms with Gasteiger partial charge in [-0.2, -0.15) is 26.3 Å². The standard InChI is InChI=1S/C24H25NO4.C17H20F6N2O3.C11H10FNO2S.C10H20N2S4.4C8H16O2.C2H4O2.3Na/c1-17-21(26)19-11-8-12-20(23(19)29-22(17)18-9-4-2-5-10-18)24(27)28-16-15-25-13-6-3-7-14-25;18-16(19,20)9-27-12-4-5-14(28-10-17(21,22)23)13(7-12)15(26)25-8-11-3-1-2-6-24-11;1-13-6-10(16(2)15)11(14)8-4-3-7(12)5-9(8)13;1-5-11(6-2)9(13)15-16-10(14)12(7-3)8-4;4*1-3-5-7(6-4-2)8(9)10;1-2(3)4;;;/h2,4-5,8-12H,3,6-7,13-16H2,1H3;4-5,7,11,24H,1-3,6,8-10H2,(H,25,26);3-6H,1-2H3;5-8H2,1-4H3;4*7H,3-6H2,1-2H3,(H,9,10);1H3,(H,3,4);;;/q;;;;;;;;;3*+1/p-3. The number of pyridine rings is 1. The van der Waals surface area contributed by atoms with E-state index in [9.17, 15) is 83.9 Å². The second kappa shape index (κ2) is 78.0. The first kappa shape index (κ1) is 137. The number of aromatic nitrogens is 1. The van der Waals surface area contributed by atoms with Crippen LogP contribution in [-0.2, 0) is 46.9 Å². The molecule has 0 saturated carbocycles. The Morgan fingerprint density at radius 3 is 1.47 bits per heavy atom. The van der Waals surface area contributed by atoms with Gasteiger partial charge in [0.2, 0.25) is 10.3 Å². The van der Waals surface area contributed by atoms with Gasteiger partial charge in [-0.25, -0.2) is 9.18 Å². The Morgan fingerprint density at radius 1 is 0.603 bits per heavy atom. The smallest absolute Gasteiger partial charge is 0.612 e. The van der Waals surface area contributed by atoms with Gasteiger partial charge in [0.1, 0.15) is 50.1 Å². The SMILES string of the molecule is CC(=O)[O-].CCCC(CCC)C(=O)O.CCCC(CCC)C(=O)O.CCCC(CCC)C(=O)[O-].CCCC(CCC)C(=O)[O-].CCN(CC)C(=S)SSC(=S)N(CC)CC.Cc1c(-c2ccccc2)oc2c(C(=O)OCCN3CCCCC3)cccc2c1=O.Cn1cc([S+](C)[O-])c(=O)c2ccc(F)cc21.O=C(NCC1CCCCN1)c1cc(OCC(F)(F)F)ccc1OCC(F)(F)F.[Na+].[Na+].[Na+]. The third-order valence-corrected chi connectivity index (χ3v) is 25.2. The zero-order valence-corrected chi connectivity index (χ0v) is 93.0. The average molecular weight is 2040 g/mol. The average Bonchev–Trinajstić information content (AvgIpc) is 0.768. The van der Waals surface area contributed by atoms with E-state index in [1.807, 2.05) is 85.7 Å². The first-order valence-electron chi connectivity index (χ1n) is 45.6. The second-order valence-electron chi connectivity index (χ2n) is 31.3. The Morgan fingerprint density at radius 2 is 1.06 bits per heavy atom. The van der Waals surface area contributed by atoms with Crippen molar-refractivity contribution < 1.29 is 202 Å². The number of nitrogens with zero attached hydrogens (tertiary/aromatic N) is 4. The first-order valence-corrected chi connectivity index (χ1v) is 50.1. The molecule has 2 fully saturated rings. The number of nitrogens with one attached hydrogen (secondary N) is 2. The van der Waals surface area contributed by atoms with Gasteiger partial charge < -0.3 is 88.1 Å². The number of benzene rings is 4. The first-order chi connectivity index (χ1) is 62.9. The zero-order valence-electron chi connectivity index (χ0n) is 82.9. The Balaban J connectivity index is -0.000000754. The minimum atomic E-state index is -4.63. The molecule has 2 aromatic heterocycles. The molecule has 25 nitrogen and oxygen atoms in total. The van der Waals surface area contributed by atoms with E-state index in [0.29, 0.717) is 34.2 Å². The molecular weight excluding hydrogens is 1900 g/mol. The van der Waals surface area contributed by atoms with Crippen molar-refractivity contribution in [3.63, 3.8) is 0 Å². The summed E-state index contributed by atoms with van der Waals surface area (Å²) < 4.78 is 123. The number of fused-ring (bicyclic) bond motifs is 2. The largest absolute Gasteiger partial charge is 1.00 e. The Labute approximate surface area is 886 Å². The summed E-state index contributed by atoms with van der Waals surface area (Å²) in [5.74, 6) is -6.59. The van der Waals surface area contributed by atoms with Crippen LogP contribution in [0.4, 0.5) is 30.7 Å². The summed E-state index contributed by atoms with van der Waals surface area (Å²) in [7, 11) is 4.88. The number of thiocarbonyl (C=S) groups is 2. The van der Waals surface area contributed by atoms with Crippen LogP contribution in [0.5, 0.6) is 11.5 Å². The van der Waals surface area contributed by atoms with Gasteiger partial charge in [0, 0.05) is 81.4 Å². The number of piperidine rings is 2. The number of esters is 1. The normalized spacial score (nSPS) is 12.8. The van der Waals surface area contributed by atoms with Crippen molar-refractivity contribution in [2.75, 3.05) is 85.0 Å². The molecule has 750 valence electrons. The fourth-order valence-corrected chi connectivity index (χ4v) is 17.3. The molecule has 4 heterocycles. The molecule has 2 saturated heterocycles. The van der Waals surface area contributed by atoms with Crippen molar-refractivity contribution in [2.24, 2.45) is 30.7 Å². The van der Waals surface area contributed by atoms with Crippen molar-refractivity contribution in [3.05, 3.63) is 134 Å². The number of carboxylic acids is 5. The molecular formula is C96H140F7N6Na3O19S5. The van der Waals surface area contributed by atoms with Crippen LogP contribution in [0.3, 0.4) is 0 Å². The van der Waals surface area contributed by atoms with Gasteiger partial charge in [0.05, 0.1) is 39.9 Å². The number of aryl methyl sites for hydroxylation is 1. The summed E-state index contributed by atoms with van der Waals surface area (Å²) >= 11 is 9.34. The molecule has 2 aliphatic rings. The number of rotatable bonds is 37. The van der Waals surface area contributed by atoms with Crippen LogP contribution in [0.2, 0.25) is 0 Å². The van der Waals surface area contributed by atoms with E-state index in [4.69, 9.17) is 53.7 Å². The molecule has 2 atom stereocenters. The van der Waals surface area contributed by atoms with Crippen LogP contribution in [0.1, 0.15) is 258 Å². The number of likely N-dealkylation sites (tertiary alicyclic amines) is 1. The molecule has 0 spiro atoms. The van der Waals surface area contributed by atoms with Crippen molar-refractivity contribution in [1.82, 2.24) is 29.9 Å². The number of carbonyl (C=O) groups is 7. The van der Waals surface area contributed by atoms with Gasteiger partial charge in [-0.15, -0.1) is 0 Å². The quantitative estimate of drug-likeness (QED) is 0.00705. The van der Waals surface area contributed by atoms with Gasteiger partial charge in [0.15, 0.2) is 24.2 Å². The van der Waals surface area contributed by atoms with Crippen molar-refractivity contribution >= 4 is 129 Å². The molecule has 136 heavy (non-hydrogen) atoms. The van der Waals surface area contributed by atoms with Crippen LogP contribution in [0.15, 0.2) is 110 Å². The molecule has 8 rings (SSSR count). The predicted molar refractivity (Wildman–Crippen MR) is 518 cm³/mol. The molecule has 2 aliphatic heterocycles. The number of carbonyl (C=O) groups excluding carboxylic acids is 5. The van der Waals surface area contributed by atoms with Crippen LogP contribution in [0, 0.1) is 36.4 Å². The van der Waals surface area contributed by atoms with Gasteiger partial charge in [-0.3, -0.25) is 28.9 Å². The van der Waals surface area contributed by atoms with Crippen molar-refractivity contribution in [2.45, 2.75) is 261 Å². The number of hydrogen-bond donors (Lipinski definition) is 4. The van der Waals surface area contributed by atoms with Crippen molar-refractivity contribution in [3.8, 4) is 22.8 Å². The zero-order chi connectivity index (χ0) is 101. The van der Waals surface area contributed by atoms with Crippen molar-refractivity contribution in [1.29, 1.82) is 0 Å². The summed E-state index contributed by atoms with van der Waals surface area (Å²) in [4.78, 5) is 107. The maximum atomic E-state index is 13.0. The number of carboxylic acid groups (broad SMARTS) is 5. The molecule has 0 aliphatic carbocycles. The molecule has 40 heteroatoms. The van der Waals surface area contributed by atoms with Gasteiger partial charge in [-0.1, -0.05) is 180 Å². The maximum Gasteiger partial charge on any atom is 1.00 e. The minimum absolute atomic E-state index is 0. The summed E-state index contributed by atoms with van der Waals surface area (Å²) in [6.45, 7) is 32.0. The number of ether oxygens (including phenoxy) is 3. The molecule has 0 bridgehead atoms. The van der Waals surface area contributed by atoms with E-state index in [1.54, 1.807) is 58.3 Å². The summed E-state index contributed by atoms with van der Waals surface area (Å²) in [5, 5.41) is 53.4. The number of hydrogen-bond acceptors (Lipinski definition) is 23. The number of para-hydroxylation sites is 1. The van der Waals surface area contributed by atoms with E-state index in [2.05, 4.69) is 62.5 Å². The second-order valence-corrected chi connectivity index (χ2v) is 36.0. The van der Waals surface area contributed by atoms with E-state index >= 15 is 0 Å². The van der Waals surface area contributed by atoms with E-state index in [0.717, 1.165) is 214 Å². The van der Waals surface area contributed by atoms with Crippen LogP contribution in [0.25, 0.3) is 33.2 Å².